The van der Waals surface area contributed by atoms with Crippen LogP contribution in [0, 0.1) is 17.2 Å². The van der Waals surface area contributed by atoms with Crippen LogP contribution in [0.2, 0.25) is 0 Å². The molecule has 0 aromatic carbocycles. The summed E-state index contributed by atoms with van der Waals surface area (Å²) in [4.78, 5) is 19.1. The average Bonchev–Trinajstić information content (AvgIpc) is 2.54. The number of piperidine rings is 1. The second-order valence-corrected chi connectivity index (χ2v) is 5.59. The van der Waals surface area contributed by atoms with E-state index in [4.69, 9.17) is 5.26 Å². The van der Waals surface area contributed by atoms with Crippen LogP contribution in [-0.2, 0) is 4.79 Å². The van der Waals surface area contributed by atoms with Gasteiger partial charge in [-0.2, -0.15) is 18.4 Å². The summed E-state index contributed by atoms with van der Waals surface area (Å²) in [5, 5.41) is 8.72. The number of anilines is 1. The van der Waals surface area contributed by atoms with Crippen molar-refractivity contribution in [3.8, 4) is 6.07 Å². The molecule has 0 spiro atoms. The first kappa shape index (κ1) is 17.1. The number of likely N-dealkylation sites (N-methyl/N-ethyl adjacent to an activating group) is 1. The Morgan fingerprint density at radius 2 is 2.26 bits per heavy atom. The molecule has 2 heterocycles. The summed E-state index contributed by atoms with van der Waals surface area (Å²) < 4.78 is 38.4. The second-order valence-electron chi connectivity index (χ2n) is 5.59. The lowest BCUT2D eigenvalue weighted by Crippen LogP contribution is -2.47. The zero-order valence-corrected chi connectivity index (χ0v) is 12.7. The summed E-state index contributed by atoms with van der Waals surface area (Å²) in [6.45, 7) is 0.0144. The van der Waals surface area contributed by atoms with Crippen molar-refractivity contribution in [1.82, 2.24) is 9.88 Å². The third-order valence-electron chi connectivity index (χ3n) is 3.88. The maximum absolute atomic E-state index is 12.8. The maximum Gasteiger partial charge on any atom is 0.393 e. The van der Waals surface area contributed by atoms with Gasteiger partial charge >= 0.3 is 6.18 Å². The summed E-state index contributed by atoms with van der Waals surface area (Å²) >= 11 is 0. The fourth-order valence-electron chi connectivity index (χ4n) is 2.53. The van der Waals surface area contributed by atoms with Crippen LogP contribution in [0.15, 0.2) is 18.3 Å². The molecule has 0 N–H and O–H groups in total. The molecule has 0 radical (unpaired) electrons. The summed E-state index contributed by atoms with van der Waals surface area (Å²) in [5.41, 5.74) is 0.400. The predicted molar refractivity (Wildman–Crippen MR) is 77.6 cm³/mol. The highest BCUT2D eigenvalue weighted by molar-refractivity contribution is 5.81. The normalized spacial score (nSPS) is 18.4. The van der Waals surface area contributed by atoms with Crippen molar-refractivity contribution in [1.29, 1.82) is 5.26 Å². The number of amides is 1. The monoisotopic (exact) mass is 326 g/mol. The lowest BCUT2D eigenvalue weighted by Gasteiger charge is -2.34. The highest BCUT2D eigenvalue weighted by atomic mass is 19.4. The van der Waals surface area contributed by atoms with E-state index in [9.17, 15) is 18.0 Å². The molecule has 0 saturated carbocycles. The number of hydrogen-bond donors (Lipinski definition) is 0. The number of pyridine rings is 1. The van der Waals surface area contributed by atoms with Gasteiger partial charge in [0.05, 0.1) is 18.0 Å². The van der Waals surface area contributed by atoms with Crippen LogP contribution in [-0.4, -0.2) is 48.6 Å². The van der Waals surface area contributed by atoms with Crippen LogP contribution >= 0.6 is 0 Å². The van der Waals surface area contributed by atoms with Crippen LogP contribution in [0.5, 0.6) is 0 Å². The topological polar surface area (TPSA) is 60.2 Å². The van der Waals surface area contributed by atoms with Gasteiger partial charge in [0.2, 0.25) is 5.91 Å². The number of rotatable bonds is 3. The Morgan fingerprint density at radius 1 is 1.52 bits per heavy atom. The largest absolute Gasteiger partial charge is 0.393 e. The van der Waals surface area contributed by atoms with Crippen molar-refractivity contribution in [3.05, 3.63) is 23.9 Å². The summed E-state index contributed by atoms with van der Waals surface area (Å²) in [7, 11) is 1.64. The Bertz CT molecular complexity index is 594. The minimum Gasteiger partial charge on any atom is -0.350 e. The van der Waals surface area contributed by atoms with Gasteiger partial charge in [0.25, 0.3) is 0 Å². The first-order valence-corrected chi connectivity index (χ1v) is 7.23. The molecule has 1 atom stereocenters. The Morgan fingerprint density at radius 3 is 2.83 bits per heavy atom. The van der Waals surface area contributed by atoms with Crippen molar-refractivity contribution in [3.63, 3.8) is 0 Å². The molecule has 1 aliphatic heterocycles. The fraction of sp³-hybridized carbons (Fsp3) is 0.533. The van der Waals surface area contributed by atoms with Gasteiger partial charge < -0.3 is 9.80 Å². The van der Waals surface area contributed by atoms with E-state index in [1.807, 2.05) is 6.07 Å². The standard InChI is InChI=1S/C15H17F3N4O/c1-21(13-5-4-11(7-19)8-20-13)10-14(23)22-6-2-3-12(9-22)15(16,17)18/h4-5,8,12H,2-3,6,9-10H2,1H3. The molecule has 1 amide bonds. The summed E-state index contributed by atoms with van der Waals surface area (Å²) in [6, 6.07) is 5.11. The van der Waals surface area contributed by atoms with Crippen LogP contribution in [0.25, 0.3) is 0 Å². The van der Waals surface area contributed by atoms with E-state index in [0.29, 0.717) is 24.3 Å². The molecule has 1 aromatic rings. The zero-order chi connectivity index (χ0) is 17.0. The zero-order valence-electron chi connectivity index (χ0n) is 12.7. The lowest BCUT2D eigenvalue weighted by atomic mass is 9.97. The van der Waals surface area contributed by atoms with Gasteiger partial charge in [-0.1, -0.05) is 0 Å². The molecule has 1 saturated heterocycles. The Balaban J connectivity index is 1.96. The molecular weight excluding hydrogens is 309 g/mol. The minimum atomic E-state index is -4.26. The SMILES string of the molecule is CN(CC(=O)N1CCCC(C(F)(F)F)C1)c1ccc(C#N)cn1. The number of halogens is 3. The quantitative estimate of drug-likeness (QED) is 0.854. The Hall–Kier alpha value is -2.30. The van der Waals surface area contributed by atoms with Crippen molar-refractivity contribution < 1.29 is 18.0 Å². The van der Waals surface area contributed by atoms with Gasteiger partial charge in [-0.3, -0.25) is 4.79 Å². The van der Waals surface area contributed by atoms with Crippen molar-refractivity contribution >= 4 is 11.7 Å². The minimum absolute atomic E-state index is 0.0521. The molecule has 23 heavy (non-hydrogen) atoms. The molecule has 1 fully saturated rings. The second kappa shape index (κ2) is 6.86. The van der Waals surface area contributed by atoms with Gasteiger partial charge in [0.1, 0.15) is 11.9 Å². The molecule has 0 aliphatic carbocycles. The molecule has 1 aromatic heterocycles. The first-order valence-electron chi connectivity index (χ1n) is 7.23. The molecule has 1 aliphatic rings. The summed E-state index contributed by atoms with van der Waals surface area (Å²) in [6.07, 6.45) is -2.45. The molecule has 1 unspecified atom stereocenters. The van der Waals surface area contributed by atoms with Crippen LogP contribution in [0.1, 0.15) is 18.4 Å². The van der Waals surface area contributed by atoms with E-state index in [0.717, 1.165) is 0 Å². The number of nitrogens with zero attached hydrogens (tertiary/aromatic N) is 4. The molecule has 5 nitrogen and oxygen atoms in total. The fourth-order valence-corrected chi connectivity index (χ4v) is 2.53. The highest BCUT2D eigenvalue weighted by Gasteiger charge is 2.42. The third kappa shape index (κ3) is 4.34. The van der Waals surface area contributed by atoms with E-state index < -0.39 is 12.1 Å². The molecule has 2 rings (SSSR count). The van der Waals surface area contributed by atoms with Crippen LogP contribution in [0.3, 0.4) is 0 Å². The number of carbonyl (C=O) groups is 1. The van der Waals surface area contributed by atoms with Crippen LogP contribution in [0.4, 0.5) is 19.0 Å². The van der Waals surface area contributed by atoms with Gasteiger partial charge in [-0.05, 0) is 25.0 Å². The van der Waals surface area contributed by atoms with Gasteiger partial charge in [0.15, 0.2) is 0 Å². The highest BCUT2D eigenvalue weighted by Crippen LogP contribution is 2.33. The van der Waals surface area contributed by atoms with Gasteiger partial charge in [0, 0.05) is 26.3 Å². The summed E-state index contributed by atoms with van der Waals surface area (Å²) in [5.74, 6) is -1.31. The molecule has 8 heteroatoms. The number of carbonyl (C=O) groups excluding carboxylic acids is 1. The van der Waals surface area contributed by atoms with E-state index in [1.165, 1.54) is 11.1 Å². The third-order valence-corrected chi connectivity index (χ3v) is 3.88. The smallest absolute Gasteiger partial charge is 0.350 e. The predicted octanol–water partition coefficient (Wildman–Crippen LogP) is 2.19. The van der Waals surface area contributed by atoms with E-state index in [2.05, 4.69) is 4.98 Å². The van der Waals surface area contributed by atoms with Gasteiger partial charge in [-0.15, -0.1) is 0 Å². The van der Waals surface area contributed by atoms with Crippen molar-refractivity contribution in [2.75, 3.05) is 31.6 Å². The molecule has 0 bridgehead atoms. The molecule has 124 valence electrons. The van der Waals surface area contributed by atoms with E-state index >= 15 is 0 Å². The maximum atomic E-state index is 12.8. The van der Waals surface area contributed by atoms with Crippen LogP contribution < -0.4 is 4.90 Å². The number of alkyl halides is 3. The van der Waals surface area contributed by atoms with Gasteiger partial charge in [-0.25, -0.2) is 4.98 Å². The number of hydrogen-bond acceptors (Lipinski definition) is 4. The average molecular weight is 326 g/mol. The lowest BCUT2D eigenvalue weighted by molar-refractivity contribution is -0.187. The number of nitriles is 1. The Kier molecular flexibility index (Phi) is 5.08. The number of likely N-dealkylation sites (tertiary alicyclic amines) is 1. The number of aromatic nitrogens is 1. The van der Waals surface area contributed by atoms with E-state index in [-0.39, 0.29) is 25.4 Å². The Labute approximate surface area is 132 Å². The van der Waals surface area contributed by atoms with Crippen molar-refractivity contribution in [2.45, 2.75) is 19.0 Å². The molecular formula is C15H17F3N4O. The first-order chi connectivity index (χ1) is 10.8. The van der Waals surface area contributed by atoms with Crippen molar-refractivity contribution in [2.24, 2.45) is 5.92 Å². The van der Waals surface area contributed by atoms with E-state index in [1.54, 1.807) is 24.1 Å².